The molecule has 1 fully saturated rings. The van der Waals surface area contributed by atoms with Gasteiger partial charge >= 0.3 is 6.18 Å². The van der Waals surface area contributed by atoms with Crippen molar-refractivity contribution in [1.29, 1.82) is 0 Å². The number of hydrogen-bond donors (Lipinski definition) is 1. The Kier molecular flexibility index (Phi) is 5.68. The quantitative estimate of drug-likeness (QED) is 0.329. The number of ketones is 1. The Labute approximate surface area is 187 Å². The van der Waals surface area contributed by atoms with Crippen LogP contribution in [0.25, 0.3) is 5.76 Å². The second-order valence-electron chi connectivity index (χ2n) is 7.36. The molecule has 1 aliphatic rings. The van der Waals surface area contributed by atoms with Crippen LogP contribution in [0.3, 0.4) is 0 Å². The largest absolute Gasteiger partial charge is 0.507 e. The first-order chi connectivity index (χ1) is 15.7. The SMILES string of the molecule is COc1ccc(/C(O)=C2\C(=O)C(=O)N(c3cccc(C(F)(F)F)c3)[C@@H]2c2ccccc2)cc1. The number of carbonyl (C=O) groups excluding carboxylic acids is 2. The lowest BCUT2D eigenvalue weighted by Crippen LogP contribution is -2.29. The Hall–Kier alpha value is -4.07. The maximum absolute atomic E-state index is 13.3. The van der Waals surface area contributed by atoms with Crippen LogP contribution in [0.4, 0.5) is 18.9 Å². The third kappa shape index (κ3) is 4.07. The summed E-state index contributed by atoms with van der Waals surface area (Å²) in [7, 11) is 1.48. The van der Waals surface area contributed by atoms with E-state index in [-0.39, 0.29) is 16.8 Å². The van der Waals surface area contributed by atoms with E-state index in [9.17, 15) is 27.9 Å². The molecule has 0 saturated carbocycles. The van der Waals surface area contributed by atoms with E-state index >= 15 is 0 Å². The molecule has 1 N–H and O–H groups in total. The molecular formula is C25H18F3NO4. The molecule has 5 nitrogen and oxygen atoms in total. The molecule has 1 amide bonds. The predicted octanol–water partition coefficient (Wildman–Crippen LogP) is 5.34. The van der Waals surface area contributed by atoms with Gasteiger partial charge in [0.1, 0.15) is 11.5 Å². The lowest BCUT2D eigenvalue weighted by atomic mass is 9.95. The standard InChI is InChI=1S/C25H18F3NO4/c1-33-19-12-10-16(11-13-19)22(30)20-21(15-6-3-2-4-7-15)29(24(32)23(20)31)18-9-5-8-17(14-18)25(26,27)28/h2-14,21,30H,1H3/b22-20+/t21-/m1/s1. The molecule has 0 aromatic heterocycles. The van der Waals surface area contributed by atoms with Crippen molar-refractivity contribution in [2.24, 2.45) is 0 Å². The number of methoxy groups -OCH3 is 1. The van der Waals surface area contributed by atoms with Crippen molar-refractivity contribution in [2.45, 2.75) is 12.2 Å². The fourth-order valence-corrected chi connectivity index (χ4v) is 3.79. The van der Waals surface area contributed by atoms with Gasteiger partial charge in [0, 0.05) is 11.3 Å². The number of nitrogens with zero attached hydrogens (tertiary/aromatic N) is 1. The van der Waals surface area contributed by atoms with Crippen molar-refractivity contribution in [1.82, 2.24) is 0 Å². The van der Waals surface area contributed by atoms with E-state index in [0.29, 0.717) is 11.3 Å². The molecule has 4 rings (SSSR count). The fraction of sp³-hybridized carbons (Fsp3) is 0.120. The van der Waals surface area contributed by atoms with Crippen LogP contribution in [0, 0.1) is 0 Å². The summed E-state index contributed by atoms with van der Waals surface area (Å²) in [6.45, 7) is 0. The number of amides is 1. The first-order valence-corrected chi connectivity index (χ1v) is 9.90. The van der Waals surface area contributed by atoms with Gasteiger partial charge in [-0.2, -0.15) is 13.2 Å². The van der Waals surface area contributed by atoms with E-state index < -0.39 is 35.2 Å². The molecule has 1 atom stereocenters. The van der Waals surface area contributed by atoms with Crippen LogP contribution in [0.15, 0.2) is 84.4 Å². The molecule has 0 aliphatic carbocycles. The van der Waals surface area contributed by atoms with Crippen LogP contribution in [-0.4, -0.2) is 23.9 Å². The van der Waals surface area contributed by atoms with Crippen LogP contribution in [-0.2, 0) is 15.8 Å². The number of ether oxygens (including phenoxy) is 1. The Morgan fingerprint density at radius 1 is 0.939 bits per heavy atom. The highest BCUT2D eigenvalue weighted by atomic mass is 19.4. The Morgan fingerprint density at radius 3 is 2.21 bits per heavy atom. The molecule has 1 saturated heterocycles. The fourth-order valence-electron chi connectivity index (χ4n) is 3.79. The summed E-state index contributed by atoms with van der Waals surface area (Å²) in [4.78, 5) is 27.1. The van der Waals surface area contributed by atoms with Crippen molar-refractivity contribution >= 4 is 23.1 Å². The second-order valence-corrected chi connectivity index (χ2v) is 7.36. The minimum atomic E-state index is -4.63. The third-order valence-corrected chi connectivity index (χ3v) is 5.37. The predicted molar refractivity (Wildman–Crippen MR) is 116 cm³/mol. The molecule has 3 aromatic rings. The van der Waals surface area contributed by atoms with Gasteiger partial charge in [0.25, 0.3) is 11.7 Å². The van der Waals surface area contributed by atoms with Gasteiger partial charge in [0.2, 0.25) is 0 Å². The molecule has 3 aromatic carbocycles. The van der Waals surface area contributed by atoms with Gasteiger partial charge in [-0.1, -0.05) is 36.4 Å². The van der Waals surface area contributed by atoms with E-state index in [4.69, 9.17) is 4.74 Å². The number of anilines is 1. The van der Waals surface area contributed by atoms with Crippen molar-refractivity contribution in [3.8, 4) is 5.75 Å². The Morgan fingerprint density at radius 2 is 1.61 bits per heavy atom. The van der Waals surface area contributed by atoms with Crippen molar-refractivity contribution in [2.75, 3.05) is 12.0 Å². The number of carbonyl (C=O) groups is 2. The number of hydrogen-bond acceptors (Lipinski definition) is 4. The minimum absolute atomic E-state index is 0.102. The number of alkyl halides is 3. The molecule has 0 unspecified atom stereocenters. The highest BCUT2D eigenvalue weighted by Crippen LogP contribution is 2.43. The number of benzene rings is 3. The first kappa shape index (κ1) is 22.1. The summed E-state index contributed by atoms with van der Waals surface area (Å²) in [6, 6.07) is 17.6. The lowest BCUT2D eigenvalue weighted by molar-refractivity contribution is -0.137. The molecule has 1 aliphatic heterocycles. The average molecular weight is 453 g/mol. The number of aliphatic hydroxyl groups is 1. The third-order valence-electron chi connectivity index (χ3n) is 5.37. The zero-order chi connectivity index (χ0) is 23.8. The first-order valence-electron chi connectivity index (χ1n) is 9.90. The molecule has 0 radical (unpaired) electrons. The Balaban J connectivity index is 1.91. The van der Waals surface area contributed by atoms with Crippen molar-refractivity contribution < 1.29 is 32.6 Å². The van der Waals surface area contributed by atoms with Gasteiger partial charge in [-0.15, -0.1) is 0 Å². The lowest BCUT2D eigenvalue weighted by Gasteiger charge is -2.26. The van der Waals surface area contributed by atoms with Gasteiger partial charge < -0.3 is 9.84 Å². The number of rotatable bonds is 4. The highest BCUT2D eigenvalue weighted by molar-refractivity contribution is 6.51. The molecule has 1 heterocycles. The summed E-state index contributed by atoms with van der Waals surface area (Å²) in [5.41, 5.74) is -0.546. The summed E-state index contributed by atoms with van der Waals surface area (Å²) < 4.78 is 45.0. The maximum Gasteiger partial charge on any atom is 0.416 e. The van der Waals surface area contributed by atoms with Crippen molar-refractivity contribution in [3.05, 3.63) is 101 Å². The van der Waals surface area contributed by atoms with Gasteiger partial charge in [0.05, 0.1) is 24.3 Å². The van der Waals surface area contributed by atoms with E-state index in [0.717, 1.165) is 17.0 Å². The van der Waals surface area contributed by atoms with Crippen LogP contribution in [0.2, 0.25) is 0 Å². The van der Waals surface area contributed by atoms with Gasteiger partial charge in [-0.05, 0) is 48.0 Å². The molecule has 33 heavy (non-hydrogen) atoms. The molecule has 8 heteroatoms. The van der Waals surface area contributed by atoms with Crippen LogP contribution < -0.4 is 9.64 Å². The van der Waals surface area contributed by atoms with Crippen LogP contribution in [0.1, 0.15) is 22.7 Å². The summed E-state index contributed by atoms with van der Waals surface area (Å²) in [5.74, 6) is -1.93. The van der Waals surface area contributed by atoms with Gasteiger partial charge in [-0.25, -0.2) is 0 Å². The topological polar surface area (TPSA) is 66.8 Å². The molecule has 0 spiro atoms. The van der Waals surface area contributed by atoms with Crippen LogP contribution in [0.5, 0.6) is 5.75 Å². The van der Waals surface area contributed by atoms with E-state index in [2.05, 4.69) is 0 Å². The average Bonchev–Trinajstić information content (AvgIpc) is 3.09. The normalized spacial score (nSPS) is 17.9. The summed E-state index contributed by atoms with van der Waals surface area (Å²) in [6.07, 6.45) is -4.63. The molecular weight excluding hydrogens is 435 g/mol. The Bertz CT molecular complexity index is 1230. The number of Topliss-reactive ketones (excluding diaryl/α,β-unsaturated/α-hetero) is 1. The zero-order valence-corrected chi connectivity index (χ0v) is 17.3. The number of aliphatic hydroxyl groups excluding tert-OH is 1. The minimum Gasteiger partial charge on any atom is -0.507 e. The van der Waals surface area contributed by atoms with Gasteiger partial charge in [0.15, 0.2) is 0 Å². The van der Waals surface area contributed by atoms with E-state index in [1.807, 2.05) is 0 Å². The monoisotopic (exact) mass is 453 g/mol. The van der Waals surface area contributed by atoms with Crippen LogP contribution >= 0.6 is 0 Å². The van der Waals surface area contributed by atoms with E-state index in [1.54, 1.807) is 42.5 Å². The number of halogens is 3. The van der Waals surface area contributed by atoms with Crippen molar-refractivity contribution in [3.63, 3.8) is 0 Å². The highest BCUT2D eigenvalue weighted by Gasteiger charge is 2.47. The van der Waals surface area contributed by atoms with Gasteiger partial charge in [-0.3, -0.25) is 14.5 Å². The zero-order valence-electron chi connectivity index (χ0n) is 17.3. The summed E-state index contributed by atoms with van der Waals surface area (Å²) >= 11 is 0. The second kappa shape index (κ2) is 8.46. The maximum atomic E-state index is 13.3. The van der Waals surface area contributed by atoms with E-state index in [1.165, 1.54) is 31.4 Å². The summed E-state index contributed by atoms with van der Waals surface area (Å²) in [5, 5.41) is 11.0. The molecule has 0 bridgehead atoms. The molecule has 168 valence electrons. The smallest absolute Gasteiger partial charge is 0.416 e.